The van der Waals surface area contributed by atoms with Crippen LogP contribution in [0.3, 0.4) is 0 Å². The third kappa shape index (κ3) is 12.0. The van der Waals surface area contributed by atoms with Crippen LogP contribution in [0.1, 0.15) is 85.0 Å². The first kappa shape index (κ1) is 17.5. The molecule has 0 rings (SSSR count). The van der Waals surface area contributed by atoms with Gasteiger partial charge >= 0.3 is 124 Å². The van der Waals surface area contributed by atoms with Gasteiger partial charge in [0.05, 0.1) is 0 Å². The Kier molecular flexibility index (Phi) is 12.7. The van der Waals surface area contributed by atoms with Gasteiger partial charge in [-0.25, -0.2) is 0 Å². The van der Waals surface area contributed by atoms with Gasteiger partial charge in [0.2, 0.25) is 0 Å². The van der Waals surface area contributed by atoms with E-state index in [0.29, 0.717) is 0 Å². The van der Waals surface area contributed by atoms with Crippen LogP contribution in [0, 0.1) is 0 Å². The Bertz CT molecular complexity index is 146. The van der Waals surface area contributed by atoms with Crippen LogP contribution >= 0.6 is 18.6 Å². The average molecular weight is 443 g/mol. The van der Waals surface area contributed by atoms with Gasteiger partial charge in [0.15, 0.2) is 0 Å². The van der Waals surface area contributed by atoms with Gasteiger partial charge in [0.1, 0.15) is 0 Å². The van der Waals surface area contributed by atoms with E-state index in [0.717, 1.165) is 3.43 Å². The summed E-state index contributed by atoms with van der Waals surface area (Å²) in [5, 5.41) is 0. The number of hydrogen-bond donors (Lipinski definition) is 0. The number of unbranched alkanes of at least 4 members (excludes halogenated alkanes) is 8. The predicted molar refractivity (Wildman–Crippen MR) is 85.7 cm³/mol. The molecular weight excluding hydrogens is 414 g/mol. The van der Waals surface area contributed by atoms with E-state index >= 15 is 0 Å². The van der Waals surface area contributed by atoms with Crippen LogP contribution in [0.4, 0.5) is 0 Å². The molecule has 0 nitrogen and oxygen atoms in total. The second-order valence-electron chi connectivity index (χ2n) is 5.56. The van der Waals surface area contributed by atoms with E-state index in [1.54, 1.807) is 0 Å². The van der Waals surface area contributed by atoms with Crippen LogP contribution in [0.5, 0.6) is 0 Å². The van der Waals surface area contributed by atoms with Crippen LogP contribution < -0.4 is 0 Å². The maximum atomic E-state index is 2.69. The van der Waals surface area contributed by atoms with Crippen molar-refractivity contribution in [3.05, 3.63) is 0 Å². The van der Waals surface area contributed by atoms with Crippen LogP contribution in [0.2, 0.25) is 3.43 Å². The summed E-state index contributed by atoms with van der Waals surface area (Å²) < 4.78 is 0.741. The number of hydrogen-bond acceptors (Lipinski definition) is 0. The number of halogens is 1. The van der Waals surface area contributed by atoms with Gasteiger partial charge in [-0.05, 0) is 0 Å². The molecule has 0 aromatic rings. The minimum absolute atomic E-state index is 0.0959. The molecule has 0 aromatic heterocycles. The quantitative estimate of drug-likeness (QED) is 0.204. The molecule has 2 radical (unpaired) electrons. The summed E-state index contributed by atoms with van der Waals surface area (Å²) in [4.78, 5) is 0. The molecule has 0 saturated heterocycles. The monoisotopic (exact) mass is 444 g/mol. The Labute approximate surface area is 123 Å². The molecule has 0 saturated carbocycles. The summed E-state index contributed by atoms with van der Waals surface area (Å²) in [6.45, 7) is 7.23. The molecule has 0 bridgehead atoms. The normalized spacial score (nSPS) is 12.0. The van der Waals surface area contributed by atoms with E-state index in [1.165, 1.54) is 64.2 Å². The summed E-state index contributed by atoms with van der Waals surface area (Å²) in [5.74, 6) is 0. The van der Waals surface area contributed by atoms with Crippen molar-refractivity contribution in [3.8, 4) is 0 Å². The molecule has 16 heavy (non-hydrogen) atoms. The first-order chi connectivity index (χ1) is 7.62. The van der Waals surface area contributed by atoms with Crippen LogP contribution in [0.25, 0.3) is 0 Å². The topological polar surface area (TPSA) is 0 Å². The third-order valence-electron chi connectivity index (χ3n) is 3.16. The van der Waals surface area contributed by atoms with Gasteiger partial charge in [0, 0.05) is 0 Å². The van der Waals surface area contributed by atoms with E-state index in [9.17, 15) is 0 Å². The summed E-state index contributed by atoms with van der Waals surface area (Å²) >= 11 is 2.59. The standard InChI is InChI=1S/C14H29.HI.Sn/c1-4-5-6-7-8-9-10-11-12-13-14(2)3;;/h4-13H2,1-3H3;1H;/q;;+1/p-1. The Balaban J connectivity index is 3.10. The molecule has 0 heterocycles. The SMILES string of the molecule is CCCCCCCCCCC[C](C)(C)[Sn][I]. The summed E-state index contributed by atoms with van der Waals surface area (Å²) in [7, 11) is 0. The Morgan fingerprint density at radius 3 is 1.69 bits per heavy atom. The Morgan fingerprint density at radius 2 is 1.25 bits per heavy atom. The molecule has 0 aliphatic carbocycles. The van der Waals surface area contributed by atoms with Crippen molar-refractivity contribution in [1.82, 2.24) is 0 Å². The van der Waals surface area contributed by atoms with Crippen molar-refractivity contribution in [2.75, 3.05) is 0 Å². The van der Waals surface area contributed by atoms with Crippen LogP contribution in [-0.2, 0) is 0 Å². The molecular formula is C14H29ISn. The second-order valence-corrected chi connectivity index (χ2v) is 13.6. The Morgan fingerprint density at radius 1 is 0.812 bits per heavy atom. The molecule has 96 valence electrons. The predicted octanol–water partition coefficient (Wildman–Crippen LogP) is 6.16. The first-order valence-electron chi connectivity index (χ1n) is 7.00. The molecule has 0 fully saturated rings. The van der Waals surface area contributed by atoms with Gasteiger partial charge in [-0.2, -0.15) is 0 Å². The molecule has 0 amide bonds. The molecule has 0 N–H and O–H groups in total. The summed E-state index contributed by atoms with van der Waals surface area (Å²) in [6.07, 6.45) is 14.6. The van der Waals surface area contributed by atoms with E-state index in [4.69, 9.17) is 0 Å². The van der Waals surface area contributed by atoms with E-state index in [-0.39, 0.29) is 17.2 Å². The van der Waals surface area contributed by atoms with Gasteiger partial charge in [-0.15, -0.1) is 0 Å². The van der Waals surface area contributed by atoms with Gasteiger partial charge in [0.25, 0.3) is 0 Å². The molecule has 0 aromatic carbocycles. The zero-order valence-corrected chi connectivity index (χ0v) is 16.5. The van der Waals surface area contributed by atoms with Crippen molar-refractivity contribution in [1.29, 1.82) is 0 Å². The molecule has 0 aliphatic heterocycles. The third-order valence-corrected chi connectivity index (χ3v) is 15.1. The number of rotatable bonds is 11. The molecule has 0 unspecified atom stereocenters. The zero-order chi connectivity index (χ0) is 12.3. The van der Waals surface area contributed by atoms with Gasteiger partial charge < -0.3 is 0 Å². The van der Waals surface area contributed by atoms with E-state index in [2.05, 4.69) is 39.4 Å². The fraction of sp³-hybridized carbons (Fsp3) is 1.00. The van der Waals surface area contributed by atoms with Crippen molar-refractivity contribution in [3.63, 3.8) is 0 Å². The fourth-order valence-corrected chi connectivity index (χ4v) is 4.51. The molecule has 0 aliphatic rings. The average Bonchev–Trinajstić information content (AvgIpc) is 2.27. The Hall–Kier alpha value is 1.53. The van der Waals surface area contributed by atoms with E-state index < -0.39 is 0 Å². The van der Waals surface area contributed by atoms with Crippen molar-refractivity contribution < 1.29 is 0 Å². The first-order valence-corrected chi connectivity index (χ1v) is 16.7. The van der Waals surface area contributed by atoms with Crippen molar-refractivity contribution >= 4 is 35.8 Å². The van der Waals surface area contributed by atoms with Gasteiger partial charge in [-0.3, -0.25) is 0 Å². The maximum absolute atomic E-state index is 2.69. The fourth-order valence-electron chi connectivity index (χ4n) is 1.92. The molecule has 2 heteroatoms. The van der Waals surface area contributed by atoms with Crippen LogP contribution in [-0.4, -0.2) is 17.2 Å². The van der Waals surface area contributed by atoms with E-state index in [1.807, 2.05) is 0 Å². The molecule has 0 spiro atoms. The summed E-state index contributed by atoms with van der Waals surface area (Å²) in [6, 6.07) is 0. The van der Waals surface area contributed by atoms with Crippen molar-refractivity contribution in [2.24, 2.45) is 0 Å². The second kappa shape index (κ2) is 11.6. The molecule has 0 atom stereocenters. The van der Waals surface area contributed by atoms with Crippen LogP contribution in [0.15, 0.2) is 0 Å². The summed E-state index contributed by atoms with van der Waals surface area (Å²) in [5.41, 5.74) is 0. The van der Waals surface area contributed by atoms with Crippen molar-refractivity contribution in [2.45, 2.75) is 88.4 Å². The zero-order valence-electron chi connectivity index (χ0n) is 11.4. The van der Waals surface area contributed by atoms with Gasteiger partial charge in [-0.1, -0.05) is 0 Å². The minimum atomic E-state index is -0.0959.